The highest BCUT2D eigenvalue weighted by Gasteiger charge is 1.95. The number of hydrogen-bond donors (Lipinski definition) is 0. The molecule has 0 unspecified atom stereocenters. The number of hydrogen-bond acceptors (Lipinski definition) is 1. The van der Waals surface area contributed by atoms with Crippen molar-refractivity contribution < 1.29 is 4.74 Å². The van der Waals surface area contributed by atoms with Gasteiger partial charge in [-0.15, -0.1) is 0 Å². The maximum Gasteiger partial charge on any atom is 0.0465 e. The molecular weight excluding hydrogens is 328 g/mol. The van der Waals surface area contributed by atoms with E-state index in [1.807, 2.05) is 0 Å². The fourth-order valence-electron chi connectivity index (χ4n) is 3.88. The maximum absolute atomic E-state index is 5.38. The topological polar surface area (TPSA) is 9.23 Å². The van der Waals surface area contributed by atoms with E-state index in [0.29, 0.717) is 0 Å². The molecule has 0 aliphatic carbocycles. The summed E-state index contributed by atoms with van der Waals surface area (Å²) in [5, 5.41) is 0. The van der Waals surface area contributed by atoms with E-state index >= 15 is 0 Å². The summed E-state index contributed by atoms with van der Waals surface area (Å²) in [6.45, 7) is 7.83. The van der Waals surface area contributed by atoms with Crippen LogP contribution < -0.4 is 0 Å². The Morgan fingerprint density at radius 3 is 0.926 bits per heavy atom. The van der Waals surface area contributed by atoms with Gasteiger partial charge in [-0.25, -0.2) is 0 Å². The molecule has 1 heteroatoms. The molecule has 0 aliphatic heterocycles. The van der Waals surface area contributed by atoms with Gasteiger partial charge in [-0.2, -0.15) is 0 Å². The first kappa shape index (κ1) is 27.0. The van der Waals surface area contributed by atoms with Crippen molar-refractivity contribution in [3.8, 4) is 0 Å². The monoisotopic (exact) mass is 381 g/mol. The van der Waals surface area contributed by atoms with Crippen LogP contribution in [0.4, 0.5) is 0 Å². The van der Waals surface area contributed by atoms with Crippen molar-refractivity contribution in [2.45, 2.75) is 148 Å². The molecule has 0 aliphatic rings. The zero-order valence-electron chi connectivity index (χ0n) is 19.1. The summed E-state index contributed by atoms with van der Waals surface area (Å²) in [5.41, 5.74) is 0. The van der Waals surface area contributed by atoms with Crippen molar-refractivity contribution in [1.29, 1.82) is 0 Å². The maximum atomic E-state index is 5.38. The van der Waals surface area contributed by atoms with Gasteiger partial charge < -0.3 is 4.74 Å². The van der Waals surface area contributed by atoms with Crippen LogP contribution in [0, 0.1) is 6.92 Å². The van der Waals surface area contributed by atoms with Gasteiger partial charge in [0, 0.05) is 13.2 Å². The second kappa shape index (κ2) is 26.0. The molecule has 0 aromatic rings. The standard InChI is InChI=1S/C26H53O/c1-3-5-6-7-8-9-10-11-12-13-14-15-16-17-18-19-20-21-22-23-24-25-26-27-4-2/h1,3-26H2,2H3. The zero-order chi connectivity index (χ0) is 19.7. The fourth-order valence-corrected chi connectivity index (χ4v) is 3.88. The molecule has 0 N–H and O–H groups in total. The van der Waals surface area contributed by atoms with Crippen LogP contribution in [0.25, 0.3) is 0 Å². The third kappa shape index (κ3) is 26.0. The van der Waals surface area contributed by atoms with Gasteiger partial charge in [-0.1, -0.05) is 142 Å². The average molecular weight is 382 g/mol. The van der Waals surface area contributed by atoms with Gasteiger partial charge in [-0.3, -0.25) is 0 Å². The van der Waals surface area contributed by atoms with Gasteiger partial charge in [0.05, 0.1) is 0 Å². The van der Waals surface area contributed by atoms with Crippen LogP contribution in [0.2, 0.25) is 0 Å². The average Bonchev–Trinajstić information content (AvgIpc) is 2.68. The highest BCUT2D eigenvalue weighted by molar-refractivity contribution is 4.51. The number of rotatable bonds is 24. The van der Waals surface area contributed by atoms with E-state index in [1.54, 1.807) is 0 Å². The van der Waals surface area contributed by atoms with Crippen LogP contribution in [0.1, 0.15) is 148 Å². The Hall–Kier alpha value is -0.0400. The number of ether oxygens (including phenoxy) is 1. The molecule has 0 amide bonds. The van der Waals surface area contributed by atoms with Gasteiger partial charge in [0.1, 0.15) is 0 Å². The molecule has 0 fully saturated rings. The van der Waals surface area contributed by atoms with Gasteiger partial charge in [0.25, 0.3) is 0 Å². The highest BCUT2D eigenvalue weighted by Crippen LogP contribution is 2.15. The Balaban J connectivity index is 2.95. The third-order valence-electron chi connectivity index (χ3n) is 5.74. The second-order valence-corrected chi connectivity index (χ2v) is 8.48. The largest absolute Gasteiger partial charge is 0.382 e. The van der Waals surface area contributed by atoms with Crippen molar-refractivity contribution in [1.82, 2.24) is 0 Å². The van der Waals surface area contributed by atoms with E-state index in [4.69, 9.17) is 4.74 Å². The molecule has 27 heavy (non-hydrogen) atoms. The first-order valence-electron chi connectivity index (χ1n) is 12.8. The molecule has 0 spiro atoms. The van der Waals surface area contributed by atoms with Crippen LogP contribution in [0.15, 0.2) is 0 Å². The van der Waals surface area contributed by atoms with E-state index in [9.17, 15) is 0 Å². The van der Waals surface area contributed by atoms with Crippen molar-refractivity contribution in [2.24, 2.45) is 0 Å². The lowest BCUT2D eigenvalue weighted by atomic mass is 10.0. The molecule has 0 heterocycles. The molecule has 0 aromatic carbocycles. The SMILES string of the molecule is [CH2]CCCCCCCCCCCCCCCCCCCCCCCOCC. The van der Waals surface area contributed by atoms with E-state index in [-0.39, 0.29) is 0 Å². The van der Waals surface area contributed by atoms with Crippen molar-refractivity contribution in [3.63, 3.8) is 0 Å². The van der Waals surface area contributed by atoms with Crippen LogP contribution in [0.5, 0.6) is 0 Å². The van der Waals surface area contributed by atoms with E-state index in [0.717, 1.165) is 19.6 Å². The van der Waals surface area contributed by atoms with Crippen LogP contribution in [-0.2, 0) is 4.74 Å². The Morgan fingerprint density at radius 1 is 0.407 bits per heavy atom. The van der Waals surface area contributed by atoms with Gasteiger partial charge >= 0.3 is 0 Å². The molecule has 163 valence electrons. The summed E-state index contributed by atoms with van der Waals surface area (Å²) in [6.07, 6.45) is 31.3. The zero-order valence-corrected chi connectivity index (χ0v) is 19.1. The summed E-state index contributed by atoms with van der Waals surface area (Å²) in [4.78, 5) is 0. The van der Waals surface area contributed by atoms with Gasteiger partial charge in [0.15, 0.2) is 0 Å². The summed E-state index contributed by atoms with van der Waals surface area (Å²) in [6, 6.07) is 0. The molecule has 1 nitrogen and oxygen atoms in total. The Labute approximate surface area is 173 Å². The summed E-state index contributed by atoms with van der Waals surface area (Å²) in [5.74, 6) is 0. The Kier molecular flexibility index (Phi) is 25.9. The second-order valence-electron chi connectivity index (χ2n) is 8.48. The predicted octanol–water partition coefficient (Wildman–Crippen LogP) is 9.44. The number of unbranched alkanes of at least 4 members (excludes halogenated alkanes) is 21. The quantitative estimate of drug-likeness (QED) is 0.151. The van der Waals surface area contributed by atoms with Crippen molar-refractivity contribution in [3.05, 3.63) is 6.92 Å². The van der Waals surface area contributed by atoms with Crippen LogP contribution >= 0.6 is 0 Å². The van der Waals surface area contributed by atoms with E-state index < -0.39 is 0 Å². The third-order valence-corrected chi connectivity index (χ3v) is 5.74. The minimum atomic E-state index is 0.873. The van der Waals surface area contributed by atoms with E-state index in [2.05, 4.69) is 13.8 Å². The lowest BCUT2D eigenvalue weighted by Crippen LogP contribution is -1.92. The lowest BCUT2D eigenvalue weighted by molar-refractivity contribution is 0.143. The first-order valence-corrected chi connectivity index (χ1v) is 12.8. The van der Waals surface area contributed by atoms with Crippen LogP contribution in [0.3, 0.4) is 0 Å². The smallest absolute Gasteiger partial charge is 0.0465 e. The molecule has 0 rings (SSSR count). The van der Waals surface area contributed by atoms with Crippen molar-refractivity contribution in [2.75, 3.05) is 13.2 Å². The Morgan fingerprint density at radius 2 is 0.667 bits per heavy atom. The summed E-state index contributed by atoms with van der Waals surface area (Å²) >= 11 is 0. The minimum absolute atomic E-state index is 0.873. The minimum Gasteiger partial charge on any atom is -0.382 e. The molecule has 0 atom stereocenters. The first-order chi connectivity index (χ1) is 13.4. The lowest BCUT2D eigenvalue weighted by Gasteiger charge is -2.04. The Bertz CT molecular complexity index is 214. The summed E-state index contributed by atoms with van der Waals surface area (Å²) < 4.78 is 5.38. The fraction of sp³-hybridized carbons (Fsp3) is 0.962. The summed E-state index contributed by atoms with van der Waals surface area (Å²) in [7, 11) is 0. The van der Waals surface area contributed by atoms with E-state index in [1.165, 1.54) is 135 Å². The molecule has 0 aromatic heterocycles. The molecule has 0 saturated carbocycles. The van der Waals surface area contributed by atoms with Crippen molar-refractivity contribution >= 4 is 0 Å². The molecule has 0 saturated heterocycles. The van der Waals surface area contributed by atoms with Gasteiger partial charge in [-0.05, 0) is 13.3 Å². The molecule has 1 radical (unpaired) electrons. The normalized spacial score (nSPS) is 11.3. The predicted molar refractivity (Wildman–Crippen MR) is 123 cm³/mol. The molecular formula is C26H53O. The highest BCUT2D eigenvalue weighted by atomic mass is 16.5. The molecule has 0 bridgehead atoms. The van der Waals surface area contributed by atoms with Crippen LogP contribution in [-0.4, -0.2) is 13.2 Å². The van der Waals surface area contributed by atoms with Gasteiger partial charge in [0.2, 0.25) is 0 Å².